The number of hydrogen-bond donors (Lipinski definition) is 1. The Balaban J connectivity index is 2.16. The molecule has 0 heterocycles. The summed E-state index contributed by atoms with van der Waals surface area (Å²) in [5.41, 5.74) is -0.128. The molecule has 0 atom stereocenters. The summed E-state index contributed by atoms with van der Waals surface area (Å²) in [4.78, 5) is 25.9. The Morgan fingerprint density at radius 1 is 1.15 bits per heavy atom. The molecular weight excluding hydrogens is 385 g/mol. The Morgan fingerprint density at radius 3 is 2.58 bits per heavy atom. The van der Waals surface area contributed by atoms with Crippen molar-refractivity contribution in [3.63, 3.8) is 0 Å². The lowest BCUT2D eigenvalue weighted by Gasteiger charge is -2.22. The van der Waals surface area contributed by atoms with Crippen molar-refractivity contribution in [2.45, 2.75) is 13.3 Å². The standard InChI is InChI=1S/C18H16Cl2F2N2O2/c1-2-8-24(18(26)12-4-3-5-14(21)17(12)22)10-16(25)23-15-9-11(19)6-7-13(15)20/h3-7,9H,2,8,10H2,1H3,(H,23,25). The van der Waals surface area contributed by atoms with Crippen LogP contribution in [-0.4, -0.2) is 29.8 Å². The number of hydrogen-bond acceptors (Lipinski definition) is 2. The molecule has 2 amide bonds. The molecule has 2 aromatic carbocycles. The molecule has 1 N–H and O–H groups in total. The molecule has 2 aromatic rings. The van der Waals surface area contributed by atoms with Gasteiger partial charge in [-0.1, -0.05) is 36.2 Å². The molecule has 4 nitrogen and oxygen atoms in total. The normalized spacial score (nSPS) is 10.5. The molecule has 26 heavy (non-hydrogen) atoms. The van der Waals surface area contributed by atoms with Crippen molar-refractivity contribution in [3.05, 3.63) is 63.6 Å². The van der Waals surface area contributed by atoms with Crippen molar-refractivity contribution in [3.8, 4) is 0 Å². The van der Waals surface area contributed by atoms with Gasteiger partial charge in [0, 0.05) is 11.6 Å². The van der Waals surface area contributed by atoms with Gasteiger partial charge in [0.25, 0.3) is 5.91 Å². The van der Waals surface area contributed by atoms with Gasteiger partial charge in [-0.05, 0) is 36.8 Å². The molecule has 0 bridgehead atoms. The molecule has 0 aromatic heterocycles. The zero-order valence-electron chi connectivity index (χ0n) is 13.9. The van der Waals surface area contributed by atoms with Crippen molar-refractivity contribution in [1.29, 1.82) is 0 Å². The zero-order chi connectivity index (χ0) is 19.3. The van der Waals surface area contributed by atoms with Crippen LogP contribution in [0.1, 0.15) is 23.7 Å². The van der Waals surface area contributed by atoms with Gasteiger partial charge in [0.15, 0.2) is 11.6 Å². The van der Waals surface area contributed by atoms with Crippen LogP contribution in [0.25, 0.3) is 0 Å². The van der Waals surface area contributed by atoms with Crippen LogP contribution in [0.3, 0.4) is 0 Å². The minimum Gasteiger partial charge on any atom is -0.329 e. The average Bonchev–Trinajstić information content (AvgIpc) is 2.59. The van der Waals surface area contributed by atoms with Crippen LogP contribution in [0.4, 0.5) is 14.5 Å². The molecule has 0 aliphatic carbocycles. The van der Waals surface area contributed by atoms with Gasteiger partial charge in [0.05, 0.1) is 16.3 Å². The van der Waals surface area contributed by atoms with Gasteiger partial charge in [0.2, 0.25) is 5.91 Å². The molecule has 0 aliphatic heterocycles. The lowest BCUT2D eigenvalue weighted by molar-refractivity contribution is -0.116. The van der Waals surface area contributed by atoms with E-state index in [1.54, 1.807) is 13.0 Å². The van der Waals surface area contributed by atoms with E-state index in [4.69, 9.17) is 23.2 Å². The van der Waals surface area contributed by atoms with Gasteiger partial charge in [-0.2, -0.15) is 0 Å². The van der Waals surface area contributed by atoms with Gasteiger partial charge < -0.3 is 10.2 Å². The number of halogens is 4. The van der Waals surface area contributed by atoms with Gasteiger partial charge in [-0.15, -0.1) is 0 Å². The van der Waals surface area contributed by atoms with E-state index < -0.39 is 29.0 Å². The quantitative estimate of drug-likeness (QED) is 0.759. The smallest absolute Gasteiger partial charge is 0.257 e. The lowest BCUT2D eigenvalue weighted by Crippen LogP contribution is -2.39. The molecule has 0 aliphatic rings. The number of amides is 2. The number of rotatable bonds is 6. The number of carbonyl (C=O) groups is 2. The van der Waals surface area contributed by atoms with Gasteiger partial charge >= 0.3 is 0 Å². The topological polar surface area (TPSA) is 49.4 Å². The van der Waals surface area contributed by atoms with E-state index in [1.807, 2.05) is 0 Å². The van der Waals surface area contributed by atoms with E-state index >= 15 is 0 Å². The third kappa shape index (κ3) is 4.93. The third-order valence-corrected chi connectivity index (χ3v) is 4.06. The Morgan fingerprint density at radius 2 is 1.88 bits per heavy atom. The minimum absolute atomic E-state index is 0.200. The first kappa shape index (κ1) is 20.1. The van der Waals surface area contributed by atoms with Crippen molar-refractivity contribution >= 4 is 40.7 Å². The van der Waals surface area contributed by atoms with Crippen molar-refractivity contribution in [1.82, 2.24) is 4.90 Å². The van der Waals surface area contributed by atoms with Gasteiger partial charge in [0.1, 0.15) is 6.54 Å². The predicted molar refractivity (Wildman–Crippen MR) is 97.6 cm³/mol. The van der Waals surface area contributed by atoms with Crippen LogP contribution >= 0.6 is 23.2 Å². The second-order valence-electron chi connectivity index (χ2n) is 5.50. The van der Waals surface area contributed by atoms with Crippen LogP contribution < -0.4 is 5.32 Å². The zero-order valence-corrected chi connectivity index (χ0v) is 15.4. The highest BCUT2D eigenvalue weighted by Crippen LogP contribution is 2.25. The maximum absolute atomic E-state index is 13.9. The fourth-order valence-corrected chi connectivity index (χ4v) is 2.65. The van der Waals surface area contributed by atoms with Gasteiger partial charge in [-0.25, -0.2) is 8.78 Å². The molecule has 0 saturated heterocycles. The largest absolute Gasteiger partial charge is 0.329 e. The van der Waals surface area contributed by atoms with Crippen LogP contribution in [0.2, 0.25) is 10.0 Å². The molecule has 8 heteroatoms. The first-order valence-corrected chi connectivity index (χ1v) is 8.57. The Bertz CT molecular complexity index is 831. The van der Waals surface area contributed by atoms with Crippen molar-refractivity contribution < 1.29 is 18.4 Å². The Labute approximate surface area is 159 Å². The van der Waals surface area contributed by atoms with E-state index in [0.29, 0.717) is 17.1 Å². The number of benzene rings is 2. The molecule has 138 valence electrons. The highest BCUT2D eigenvalue weighted by molar-refractivity contribution is 6.35. The molecular formula is C18H16Cl2F2N2O2. The minimum atomic E-state index is -1.24. The Hall–Kier alpha value is -2.18. The van der Waals surface area contributed by atoms with E-state index in [1.165, 1.54) is 24.3 Å². The van der Waals surface area contributed by atoms with Crippen molar-refractivity contribution in [2.24, 2.45) is 0 Å². The molecule has 0 spiro atoms. The van der Waals surface area contributed by atoms with Crippen LogP contribution in [-0.2, 0) is 4.79 Å². The lowest BCUT2D eigenvalue weighted by atomic mass is 10.1. The van der Waals surface area contributed by atoms with Crippen LogP contribution in [0.15, 0.2) is 36.4 Å². The Kier molecular flexibility index (Phi) is 6.94. The van der Waals surface area contributed by atoms with E-state index in [-0.39, 0.29) is 18.1 Å². The summed E-state index contributed by atoms with van der Waals surface area (Å²) in [7, 11) is 0. The first-order chi connectivity index (χ1) is 12.3. The number of carbonyl (C=O) groups excluding carboxylic acids is 2. The van der Waals surface area contributed by atoms with Crippen LogP contribution in [0.5, 0.6) is 0 Å². The summed E-state index contributed by atoms with van der Waals surface area (Å²) in [6.45, 7) is 1.66. The van der Waals surface area contributed by atoms with Crippen molar-refractivity contribution in [2.75, 3.05) is 18.4 Å². The number of anilines is 1. The molecule has 2 rings (SSSR count). The second kappa shape index (κ2) is 8.96. The SMILES string of the molecule is CCCN(CC(=O)Nc1cc(Cl)ccc1Cl)C(=O)c1cccc(F)c1F. The molecule has 0 unspecified atom stereocenters. The molecule has 0 radical (unpaired) electrons. The third-order valence-electron chi connectivity index (χ3n) is 3.50. The van der Waals surface area contributed by atoms with Gasteiger partial charge in [-0.3, -0.25) is 9.59 Å². The predicted octanol–water partition coefficient (Wildman–Crippen LogP) is 4.76. The summed E-state index contributed by atoms with van der Waals surface area (Å²) in [5.74, 6) is -3.66. The number of nitrogens with one attached hydrogen (secondary N) is 1. The summed E-state index contributed by atoms with van der Waals surface area (Å²) >= 11 is 11.9. The summed E-state index contributed by atoms with van der Waals surface area (Å²) in [5, 5.41) is 3.22. The number of nitrogens with zero attached hydrogens (tertiary/aromatic N) is 1. The van der Waals surface area contributed by atoms with E-state index in [2.05, 4.69) is 5.32 Å². The fraction of sp³-hybridized carbons (Fsp3) is 0.222. The average molecular weight is 401 g/mol. The summed E-state index contributed by atoms with van der Waals surface area (Å²) in [6, 6.07) is 7.90. The molecule has 0 saturated carbocycles. The summed E-state index contributed by atoms with van der Waals surface area (Å²) in [6.07, 6.45) is 0.536. The first-order valence-electron chi connectivity index (χ1n) is 7.81. The summed E-state index contributed by atoms with van der Waals surface area (Å²) < 4.78 is 27.2. The van der Waals surface area contributed by atoms with Crippen LogP contribution in [0, 0.1) is 11.6 Å². The second-order valence-corrected chi connectivity index (χ2v) is 6.34. The fourth-order valence-electron chi connectivity index (χ4n) is 2.32. The highest BCUT2D eigenvalue weighted by Gasteiger charge is 2.23. The van der Waals surface area contributed by atoms with E-state index in [0.717, 1.165) is 11.0 Å². The maximum Gasteiger partial charge on any atom is 0.257 e. The highest BCUT2D eigenvalue weighted by atomic mass is 35.5. The van der Waals surface area contributed by atoms with E-state index in [9.17, 15) is 18.4 Å². The molecule has 0 fully saturated rings. The monoisotopic (exact) mass is 400 g/mol. The maximum atomic E-state index is 13.9.